The Labute approximate surface area is 97.1 Å². The molecule has 0 bridgehead atoms. The number of carbonyl (C=O) groups excluding carboxylic acids is 2. The highest BCUT2D eigenvalue weighted by Crippen LogP contribution is 2.40. The van der Waals surface area contributed by atoms with Crippen LogP contribution in [0, 0.1) is 0 Å². The predicted octanol–water partition coefficient (Wildman–Crippen LogP) is 2.06. The average molecular weight is 276 g/mol. The number of amides is 2. The molecule has 4 nitrogen and oxygen atoms in total. The molecule has 1 saturated heterocycles. The lowest BCUT2D eigenvalue weighted by molar-refractivity contribution is -0.130. The van der Waals surface area contributed by atoms with Crippen molar-refractivity contribution in [3.63, 3.8) is 0 Å². The quantitative estimate of drug-likeness (QED) is 0.689. The molecule has 2 amide bonds. The van der Waals surface area contributed by atoms with Crippen molar-refractivity contribution in [2.45, 2.75) is 43.0 Å². The highest BCUT2D eigenvalue weighted by Gasteiger charge is 2.52. The molecule has 2 aliphatic rings. The fourth-order valence-corrected chi connectivity index (χ4v) is 2.63. The third kappa shape index (κ3) is 1.67. The lowest BCUT2D eigenvalue weighted by Crippen LogP contribution is -2.50. The first-order valence-corrected chi connectivity index (χ1v) is 6.13. The molecule has 0 aromatic heterocycles. The van der Waals surface area contributed by atoms with Gasteiger partial charge in [-0.15, -0.1) is 0 Å². The number of cyclic esters (lactones) is 1. The highest BCUT2D eigenvalue weighted by atomic mass is 79.9. The van der Waals surface area contributed by atoms with E-state index in [0.717, 1.165) is 25.7 Å². The summed E-state index contributed by atoms with van der Waals surface area (Å²) in [7, 11) is 0. The first kappa shape index (κ1) is 10.9. The zero-order valence-electron chi connectivity index (χ0n) is 8.66. The van der Waals surface area contributed by atoms with Gasteiger partial charge in [0.15, 0.2) is 0 Å². The van der Waals surface area contributed by atoms with Gasteiger partial charge in [-0.1, -0.05) is 28.8 Å². The maximum atomic E-state index is 11.9. The van der Waals surface area contributed by atoms with Gasteiger partial charge in [-0.05, 0) is 19.8 Å². The Bertz CT molecular complexity index is 297. The molecule has 2 fully saturated rings. The minimum Gasteiger partial charge on any atom is -0.447 e. The summed E-state index contributed by atoms with van der Waals surface area (Å²) in [6.07, 6.45) is 3.41. The standard InChI is InChI=1S/C10H14BrNO3/c1-7(11)8(13)12-9(14)15-6-10(12)4-2-3-5-10/h7H,2-6H2,1H3. The van der Waals surface area contributed by atoms with Crippen molar-refractivity contribution in [3.05, 3.63) is 0 Å². The molecule has 0 N–H and O–H groups in total. The molecular formula is C10H14BrNO3. The molecule has 84 valence electrons. The largest absolute Gasteiger partial charge is 0.447 e. The van der Waals surface area contributed by atoms with Crippen LogP contribution in [0.2, 0.25) is 0 Å². The Morgan fingerprint density at radius 1 is 1.53 bits per heavy atom. The van der Waals surface area contributed by atoms with Crippen LogP contribution in [-0.2, 0) is 9.53 Å². The van der Waals surface area contributed by atoms with Crippen LogP contribution in [0.3, 0.4) is 0 Å². The van der Waals surface area contributed by atoms with Crippen LogP contribution in [0.1, 0.15) is 32.6 Å². The Kier molecular flexibility index (Phi) is 2.75. The van der Waals surface area contributed by atoms with Gasteiger partial charge < -0.3 is 4.74 Å². The summed E-state index contributed by atoms with van der Waals surface area (Å²) in [6.45, 7) is 2.11. The number of carbonyl (C=O) groups is 2. The molecule has 1 aliphatic carbocycles. The minimum absolute atomic E-state index is 0.181. The van der Waals surface area contributed by atoms with Gasteiger partial charge >= 0.3 is 6.09 Å². The summed E-state index contributed by atoms with van der Waals surface area (Å²) in [6, 6.07) is 0. The number of alkyl halides is 1. The number of nitrogens with zero attached hydrogens (tertiary/aromatic N) is 1. The molecule has 0 radical (unpaired) electrons. The highest BCUT2D eigenvalue weighted by molar-refractivity contribution is 9.10. The zero-order valence-corrected chi connectivity index (χ0v) is 10.2. The van der Waals surface area contributed by atoms with Gasteiger partial charge in [0.25, 0.3) is 0 Å². The predicted molar refractivity (Wildman–Crippen MR) is 57.8 cm³/mol. The summed E-state index contributed by atoms with van der Waals surface area (Å²) in [5.74, 6) is -0.181. The van der Waals surface area contributed by atoms with Crippen molar-refractivity contribution in [1.29, 1.82) is 0 Å². The summed E-state index contributed by atoms with van der Waals surface area (Å²) in [5.41, 5.74) is -0.337. The molecule has 1 heterocycles. The van der Waals surface area contributed by atoms with Gasteiger partial charge in [0, 0.05) is 0 Å². The van der Waals surface area contributed by atoms with Crippen LogP contribution < -0.4 is 0 Å². The van der Waals surface area contributed by atoms with E-state index in [1.807, 2.05) is 0 Å². The fourth-order valence-electron chi connectivity index (χ4n) is 2.42. The second kappa shape index (κ2) is 3.77. The molecule has 1 spiro atoms. The third-order valence-corrected chi connectivity index (χ3v) is 3.61. The molecule has 1 atom stereocenters. The lowest BCUT2D eigenvalue weighted by atomic mass is 9.97. The second-order valence-electron chi connectivity index (χ2n) is 4.28. The SMILES string of the molecule is CC(Br)C(=O)N1C(=O)OCC12CCCC2. The summed E-state index contributed by atoms with van der Waals surface area (Å²) in [5, 5.41) is 0. The Morgan fingerprint density at radius 2 is 2.13 bits per heavy atom. The smallest absolute Gasteiger partial charge is 0.417 e. The Hall–Kier alpha value is -0.580. The number of rotatable bonds is 1. The first-order chi connectivity index (χ1) is 7.07. The van der Waals surface area contributed by atoms with E-state index < -0.39 is 6.09 Å². The van der Waals surface area contributed by atoms with Gasteiger partial charge in [0.1, 0.15) is 6.61 Å². The van der Waals surface area contributed by atoms with Crippen molar-refractivity contribution < 1.29 is 14.3 Å². The normalized spacial score (nSPS) is 25.7. The monoisotopic (exact) mass is 275 g/mol. The summed E-state index contributed by atoms with van der Waals surface area (Å²) >= 11 is 3.21. The molecule has 15 heavy (non-hydrogen) atoms. The Morgan fingerprint density at radius 3 is 2.67 bits per heavy atom. The van der Waals surface area contributed by atoms with Crippen LogP contribution in [0.4, 0.5) is 4.79 Å². The van der Waals surface area contributed by atoms with Crippen molar-refractivity contribution in [3.8, 4) is 0 Å². The number of hydrogen-bond acceptors (Lipinski definition) is 3. The van der Waals surface area contributed by atoms with E-state index in [0.29, 0.717) is 6.61 Å². The van der Waals surface area contributed by atoms with Crippen molar-refractivity contribution in [1.82, 2.24) is 4.90 Å². The van der Waals surface area contributed by atoms with Crippen molar-refractivity contribution in [2.75, 3.05) is 6.61 Å². The van der Waals surface area contributed by atoms with Gasteiger partial charge in [-0.25, -0.2) is 9.69 Å². The van der Waals surface area contributed by atoms with Crippen LogP contribution in [0.15, 0.2) is 0 Å². The third-order valence-electron chi connectivity index (χ3n) is 3.22. The van der Waals surface area contributed by atoms with E-state index in [-0.39, 0.29) is 16.3 Å². The van der Waals surface area contributed by atoms with Crippen LogP contribution in [-0.4, -0.2) is 33.9 Å². The van der Waals surface area contributed by atoms with E-state index >= 15 is 0 Å². The van der Waals surface area contributed by atoms with Crippen LogP contribution in [0.25, 0.3) is 0 Å². The van der Waals surface area contributed by atoms with E-state index in [1.54, 1.807) is 6.92 Å². The lowest BCUT2D eigenvalue weighted by Gasteiger charge is -2.30. The van der Waals surface area contributed by atoms with E-state index in [4.69, 9.17) is 4.74 Å². The molecule has 5 heteroatoms. The topological polar surface area (TPSA) is 46.6 Å². The van der Waals surface area contributed by atoms with Gasteiger partial charge in [0.2, 0.25) is 5.91 Å². The zero-order chi connectivity index (χ0) is 11.1. The molecular weight excluding hydrogens is 262 g/mol. The number of halogens is 1. The Balaban J connectivity index is 2.25. The molecule has 2 rings (SSSR count). The van der Waals surface area contributed by atoms with E-state index in [9.17, 15) is 9.59 Å². The minimum atomic E-state index is -0.479. The van der Waals surface area contributed by atoms with Crippen LogP contribution >= 0.6 is 15.9 Å². The maximum Gasteiger partial charge on any atom is 0.417 e. The van der Waals surface area contributed by atoms with Crippen molar-refractivity contribution >= 4 is 27.9 Å². The average Bonchev–Trinajstić information content (AvgIpc) is 2.76. The number of ether oxygens (including phenoxy) is 1. The van der Waals surface area contributed by atoms with Gasteiger partial charge in [-0.2, -0.15) is 0 Å². The van der Waals surface area contributed by atoms with Gasteiger partial charge in [-0.3, -0.25) is 4.79 Å². The summed E-state index contributed by atoms with van der Waals surface area (Å²) in [4.78, 5) is 24.4. The molecule has 1 aliphatic heterocycles. The molecule has 1 unspecified atom stereocenters. The first-order valence-electron chi connectivity index (χ1n) is 5.22. The number of hydrogen-bond donors (Lipinski definition) is 0. The molecule has 1 saturated carbocycles. The summed E-state index contributed by atoms with van der Waals surface area (Å²) < 4.78 is 5.02. The molecule has 0 aromatic carbocycles. The van der Waals surface area contributed by atoms with E-state index in [1.165, 1.54) is 4.90 Å². The maximum absolute atomic E-state index is 11.9. The van der Waals surface area contributed by atoms with Crippen molar-refractivity contribution in [2.24, 2.45) is 0 Å². The fraction of sp³-hybridized carbons (Fsp3) is 0.800. The van der Waals surface area contributed by atoms with E-state index in [2.05, 4.69) is 15.9 Å². The molecule has 0 aromatic rings. The number of imide groups is 1. The van der Waals surface area contributed by atoms with Gasteiger partial charge in [0.05, 0.1) is 10.4 Å². The second-order valence-corrected chi connectivity index (χ2v) is 5.65. The van der Waals surface area contributed by atoms with Crippen LogP contribution in [0.5, 0.6) is 0 Å².